The zero-order valence-corrected chi connectivity index (χ0v) is 9.33. The quantitative estimate of drug-likeness (QED) is 0.416. The molecule has 3 heteroatoms. The predicted octanol–water partition coefficient (Wildman–Crippen LogP) is 2.59. The zero-order valence-electron chi connectivity index (χ0n) is 8.51. The first-order valence-corrected chi connectivity index (χ1v) is 4.70. The third kappa shape index (κ3) is 4.44. The van der Waals surface area contributed by atoms with Gasteiger partial charge in [-0.2, -0.15) is 5.10 Å². The Kier molecular flexibility index (Phi) is 5.06. The lowest BCUT2D eigenvalue weighted by molar-refractivity contribution is 0.747. The van der Waals surface area contributed by atoms with Crippen molar-refractivity contribution in [2.24, 2.45) is 16.9 Å². The van der Waals surface area contributed by atoms with Gasteiger partial charge >= 0.3 is 0 Å². The van der Waals surface area contributed by atoms with Crippen molar-refractivity contribution >= 4 is 22.9 Å². The van der Waals surface area contributed by atoms with Crippen LogP contribution < -0.4 is 5.43 Å². The number of rotatable bonds is 3. The monoisotopic (exact) mass is 186 g/mol. The third-order valence-electron chi connectivity index (χ3n) is 1.53. The zero-order chi connectivity index (χ0) is 9.72. The Balaban J connectivity index is 4.29. The Labute approximate surface area is 80.4 Å². The van der Waals surface area contributed by atoms with Gasteiger partial charge in [0.25, 0.3) is 0 Å². The van der Waals surface area contributed by atoms with Gasteiger partial charge in [0.05, 0.1) is 4.99 Å². The molecular weight excluding hydrogens is 168 g/mol. The normalized spacial score (nSPS) is 10.2. The Bertz CT molecular complexity index is 173. The molecular formula is C9H18N2S. The number of thiocarbonyl (C=S) groups is 1. The van der Waals surface area contributed by atoms with E-state index < -0.39 is 0 Å². The van der Waals surface area contributed by atoms with Gasteiger partial charge < -0.3 is 0 Å². The highest BCUT2D eigenvalue weighted by Gasteiger charge is 2.09. The molecule has 0 aliphatic carbocycles. The van der Waals surface area contributed by atoms with Gasteiger partial charge in [-0.1, -0.05) is 39.9 Å². The van der Waals surface area contributed by atoms with Crippen LogP contribution in [0.25, 0.3) is 0 Å². The van der Waals surface area contributed by atoms with Crippen LogP contribution in [0.15, 0.2) is 5.10 Å². The molecule has 0 atom stereocenters. The molecule has 12 heavy (non-hydrogen) atoms. The van der Waals surface area contributed by atoms with Crippen LogP contribution in [0.1, 0.15) is 34.6 Å². The van der Waals surface area contributed by atoms with Crippen molar-refractivity contribution in [1.29, 1.82) is 0 Å². The summed E-state index contributed by atoms with van der Waals surface area (Å²) in [6.45, 7) is 10.4. The second-order valence-corrected chi connectivity index (χ2v) is 4.13. The first-order chi connectivity index (χ1) is 5.45. The van der Waals surface area contributed by atoms with E-state index in [1.807, 2.05) is 6.92 Å². The summed E-state index contributed by atoms with van der Waals surface area (Å²) in [7, 11) is 0. The van der Waals surface area contributed by atoms with E-state index in [9.17, 15) is 0 Å². The van der Waals surface area contributed by atoms with E-state index >= 15 is 0 Å². The predicted molar refractivity (Wildman–Crippen MR) is 58.5 cm³/mol. The van der Waals surface area contributed by atoms with Gasteiger partial charge in [0.1, 0.15) is 0 Å². The van der Waals surface area contributed by atoms with Gasteiger partial charge in [0.15, 0.2) is 0 Å². The molecule has 0 spiro atoms. The summed E-state index contributed by atoms with van der Waals surface area (Å²) >= 11 is 4.87. The maximum Gasteiger partial charge on any atom is 0.0930 e. The molecule has 0 aliphatic heterocycles. The molecule has 70 valence electrons. The standard InChI is InChI=1S/C9H18N2S/c1-6(2)9(7(3)4)11-10-8(5)12/h6-7H,1-5H3,(H,10,12). The topological polar surface area (TPSA) is 24.4 Å². The number of hydrazone groups is 1. The summed E-state index contributed by atoms with van der Waals surface area (Å²) in [6, 6.07) is 0. The van der Waals surface area contributed by atoms with Crippen LogP contribution in [0.3, 0.4) is 0 Å². The average molecular weight is 186 g/mol. The first-order valence-electron chi connectivity index (χ1n) is 4.29. The van der Waals surface area contributed by atoms with Crippen molar-refractivity contribution in [1.82, 2.24) is 5.43 Å². The highest BCUT2D eigenvalue weighted by Crippen LogP contribution is 2.06. The fraction of sp³-hybridized carbons (Fsp3) is 0.778. The maximum atomic E-state index is 4.87. The molecule has 2 nitrogen and oxygen atoms in total. The lowest BCUT2D eigenvalue weighted by Gasteiger charge is -2.13. The second kappa shape index (κ2) is 5.25. The lowest BCUT2D eigenvalue weighted by Crippen LogP contribution is -2.21. The van der Waals surface area contributed by atoms with Crippen molar-refractivity contribution in [3.05, 3.63) is 0 Å². The maximum absolute atomic E-state index is 4.87. The molecule has 0 aromatic rings. The Hall–Kier alpha value is -0.440. The molecule has 0 radical (unpaired) electrons. The Morgan fingerprint density at radius 1 is 1.17 bits per heavy atom. The summed E-state index contributed by atoms with van der Waals surface area (Å²) in [5, 5.41) is 4.25. The minimum atomic E-state index is 0.479. The van der Waals surface area contributed by atoms with Crippen LogP contribution in [-0.2, 0) is 0 Å². The van der Waals surface area contributed by atoms with Crippen molar-refractivity contribution < 1.29 is 0 Å². The molecule has 0 aromatic carbocycles. The number of hydrogen-bond acceptors (Lipinski definition) is 2. The summed E-state index contributed by atoms with van der Waals surface area (Å²) in [6.07, 6.45) is 0. The molecule has 0 fully saturated rings. The smallest absolute Gasteiger partial charge is 0.0930 e. The molecule has 1 N–H and O–H groups in total. The van der Waals surface area contributed by atoms with E-state index in [-0.39, 0.29) is 0 Å². The van der Waals surface area contributed by atoms with Crippen LogP contribution >= 0.6 is 12.2 Å². The Morgan fingerprint density at radius 3 is 1.83 bits per heavy atom. The minimum Gasteiger partial charge on any atom is -0.272 e. The van der Waals surface area contributed by atoms with E-state index in [0.29, 0.717) is 16.8 Å². The van der Waals surface area contributed by atoms with E-state index in [0.717, 1.165) is 0 Å². The van der Waals surface area contributed by atoms with Crippen LogP contribution in [0.4, 0.5) is 0 Å². The molecule has 0 unspecified atom stereocenters. The Morgan fingerprint density at radius 2 is 1.58 bits per heavy atom. The molecule has 0 saturated heterocycles. The van der Waals surface area contributed by atoms with Crippen LogP contribution in [0.2, 0.25) is 0 Å². The number of hydrogen-bond donors (Lipinski definition) is 1. The van der Waals surface area contributed by atoms with Crippen molar-refractivity contribution in [3.8, 4) is 0 Å². The van der Waals surface area contributed by atoms with Gasteiger partial charge in [0.2, 0.25) is 0 Å². The fourth-order valence-electron chi connectivity index (χ4n) is 1.07. The molecule has 0 aromatic heterocycles. The highest BCUT2D eigenvalue weighted by atomic mass is 32.1. The van der Waals surface area contributed by atoms with Crippen molar-refractivity contribution in [2.45, 2.75) is 34.6 Å². The summed E-state index contributed by atoms with van der Waals surface area (Å²) in [5.74, 6) is 0.957. The molecule has 0 aliphatic rings. The summed E-state index contributed by atoms with van der Waals surface area (Å²) in [4.78, 5) is 0.716. The first kappa shape index (κ1) is 11.6. The molecule has 0 rings (SSSR count). The van der Waals surface area contributed by atoms with Crippen molar-refractivity contribution in [3.63, 3.8) is 0 Å². The van der Waals surface area contributed by atoms with Gasteiger partial charge in [-0.15, -0.1) is 0 Å². The SMILES string of the molecule is CC(=S)NN=C(C(C)C)C(C)C. The summed E-state index contributed by atoms with van der Waals surface area (Å²) < 4.78 is 0. The van der Waals surface area contributed by atoms with Gasteiger partial charge in [-0.05, 0) is 18.8 Å². The van der Waals surface area contributed by atoms with Crippen molar-refractivity contribution in [2.75, 3.05) is 0 Å². The van der Waals surface area contributed by atoms with E-state index in [1.54, 1.807) is 0 Å². The number of nitrogens with zero attached hydrogens (tertiary/aromatic N) is 1. The second-order valence-electron chi connectivity index (χ2n) is 3.51. The average Bonchev–Trinajstić information content (AvgIpc) is 1.84. The molecule has 0 heterocycles. The molecule has 0 saturated carbocycles. The number of nitrogens with one attached hydrogen (secondary N) is 1. The summed E-state index contributed by atoms with van der Waals surface area (Å²) in [5.41, 5.74) is 3.99. The largest absolute Gasteiger partial charge is 0.272 e. The van der Waals surface area contributed by atoms with Gasteiger partial charge in [0, 0.05) is 5.71 Å². The van der Waals surface area contributed by atoms with Crippen LogP contribution in [0, 0.1) is 11.8 Å². The minimum absolute atomic E-state index is 0.479. The molecule has 0 amide bonds. The highest BCUT2D eigenvalue weighted by molar-refractivity contribution is 7.80. The fourth-order valence-corrected chi connectivity index (χ4v) is 1.11. The molecule has 0 bridgehead atoms. The lowest BCUT2D eigenvalue weighted by atomic mass is 9.98. The third-order valence-corrected chi connectivity index (χ3v) is 1.62. The van der Waals surface area contributed by atoms with E-state index in [1.165, 1.54) is 5.71 Å². The van der Waals surface area contributed by atoms with E-state index in [4.69, 9.17) is 12.2 Å². The van der Waals surface area contributed by atoms with E-state index in [2.05, 4.69) is 38.2 Å². The van der Waals surface area contributed by atoms with Crippen LogP contribution in [-0.4, -0.2) is 10.7 Å². The van der Waals surface area contributed by atoms with Gasteiger partial charge in [-0.3, -0.25) is 5.43 Å². The van der Waals surface area contributed by atoms with Gasteiger partial charge in [-0.25, -0.2) is 0 Å². The van der Waals surface area contributed by atoms with Crippen LogP contribution in [0.5, 0.6) is 0 Å².